The zero-order valence-electron chi connectivity index (χ0n) is 20.0. The lowest BCUT2D eigenvalue weighted by Crippen LogP contribution is -2.24. The molecule has 7 rings (SSSR count). The molecule has 0 fully saturated rings. The first kappa shape index (κ1) is 22.4. The highest BCUT2D eigenvalue weighted by Gasteiger charge is 2.25. The lowest BCUT2D eigenvalue weighted by atomic mass is 10.0. The molecule has 4 aromatic heterocycles. The molecule has 0 bridgehead atoms. The largest absolute Gasteiger partial charge is 0.459 e. The van der Waals surface area contributed by atoms with Crippen LogP contribution in [0.25, 0.3) is 33.3 Å². The van der Waals surface area contributed by atoms with Crippen LogP contribution >= 0.6 is 11.3 Å². The number of aryl methyl sites for hydroxylation is 1. The zero-order valence-corrected chi connectivity index (χ0v) is 20.8. The number of nitrogens with zero attached hydrogens (tertiary/aromatic N) is 5. The Hall–Kier alpha value is -4.83. The third kappa shape index (κ3) is 4.00. The number of hydrogen-bond acceptors (Lipinski definition) is 9. The van der Waals surface area contributed by atoms with Crippen molar-refractivity contribution in [3.05, 3.63) is 90.2 Å². The van der Waals surface area contributed by atoms with Crippen molar-refractivity contribution in [2.45, 2.75) is 12.8 Å². The Morgan fingerprint density at radius 1 is 0.974 bits per heavy atom. The third-order valence-electron chi connectivity index (χ3n) is 6.38. The Labute approximate surface area is 220 Å². The summed E-state index contributed by atoms with van der Waals surface area (Å²) in [5.74, 6) is 0.210. The molecule has 0 radical (unpaired) electrons. The fourth-order valence-electron chi connectivity index (χ4n) is 4.61. The van der Waals surface area contributed by atoms with Crippen LogP contribution in [0.4, 0.5) is 16.8 Å². The van der Waals surface area contributed by atoms with Gasteiger partial charge in [0.1, 0.15) is 0 Å². The van der Waals surface area contributed by atoms with Crippen LogP contribution in [0.3, 0.4) is 0 Å². The summed E-state index contributed by atoms with van der Waals surface area (Å²) in [6, 6.07) is 23.3. The molecule has 5 heterocycles. The van der Waals surface area contributed by atoms with Gasteiger partial charge in [-0.1, -0.05) is 65.0 Å². The molecule has 1 aliphatic rings. The number of thiazole rings is 1. The number of pyridine rings is 1. The smallest absolute Gasteiger partial charge is 0.322 e. The Morgan fingerprint density at radius 2 is 1.84 bits per heavy atom. The van der Waals surface area contributed by atoms with Crippen LogP contribution in [0.5, 0.6) is 0 Å². The molecule has 38 heavy (non-hydrogen) atoms. The molecule has 0 saturated heterocycles. The minimum atomic E-state index is -0.390. The number of rotatable bonds is 5. The van der Waals surface area contributed by atoms with Crippen molar-refractivity contribution in [3.8, 4) is 22.9 Å². The molecule has 0 atom stereocenters. The lowest BCUT2D eigenvalue weighted by molar-refractivity contribution is 0.102. The number of fused-ring (bicyclic) bond motifs is 2. The Bertz CT molecular complexity index is 1760. The molecule has 0 unspecified atom stereocenters. The third-order valence-corrected chi connectivity index (χ3v) is 7.48. The molecule has 2 aromatic carbocycles. The van der Waals surface area contributed by atoms with E-state index in [1.807, 2.05) is 36.4 Å². The number of carbonyl (C=O) groups excluding carboxylic acids is 1. The van der Waals surface area contributed by atoms with E-state index in [0.29, 0.717) is 27.4 Å². The Morgan fingerprint density at radius 3 is 2.71 bits per heavy atom. The summed E-state index contributed by atoms with van der Waals surface area (Å²) in [4.78, 5) is 25.5. The minimum absolute atomic E-state index is 0.0256. The highest BCUT2D eigenvalue weighted by atomic mass is 32.1. The monoisotopic (exact) mass is 520 g/mol. The van der Waals surface area contributed by atoms with E-state index in [-0.39, 0.29) is 11.9 Å². The molecule has 0 aliphatic carbocycles. The highest BCUT2D eigenvalue weighted by molar-refractivity contribution is 7.22. The molecule has 1 amide bonds. The summed E-state index contributed by atoms with van der Waals surface area (Å²) in [7, 11) is 0. The summed E-state index contributed by atoms with van der Waals surface area (Å²) in [6.07, 6.45) is 3.57. The number of carbonyl (C=O) groups is 1. The fraction of sp³-hybridized carbons (Fsp3) is 0.107. The van der Waals surface area contributed by atoms with Gasteiger partial charge in [0.15, 0.2) is 16.5 Å². The van der Waals surface area contributed by atoms with Crippen molar-refractivity contribution in [2.75, 3.05) is 16.8 Å². The van der Waals surface area contributed by atoms with Gasteiger partial charge in [-0.25, -0.2) is 4.98 Å². The summed E-state index contributed by atoms with van der Waals surface area (Å²) < 4.78 is 11.6. The van der Waals surface area contributed by atoms with Crippen molar-refractivity contribution < 1.29 is 13.6 Å². The molecule has 6 aromatic rings. The molecule has 0 spiro atoms. The molecule has 9 nitrogen and oxygen atoms in total. The van der Waals surface area contributed by atoms with Gasteiger partial charge in [-0.3, -0.25) is 10.1 Å². The normalized spacial score (nSPS) is 13.0. The summed E-state index contributed by atoms with van der Waals surface area (Å²) in [5.41, 5.74) is 4.92. The van der Waals surface area contributed by atoms with Crippen molar-refractivity contribution in [2.24, 2.45) is 0 Å². The first-order valence-corrected chi connectivity index (χ1v) is 13.0. The number of anilines is 3. The van der Waals surface area contributed by atoms with Gasteiger partial charge in [0, 0.05) is 17.8 Å². The van der Waals surface area contributed by atoms with Crippen LogP contribution < -0.4 is 10.2 Å². The van der Waals surface area contributed by atoms with Crippen molar-refractivity contribution in [3.63, 3.8) is 0 Å². The standard InChI is InChI=1S/C28H20N6O3S/c35-25(31-27-33-32-26(37-27)22-13-7-15-36-22)19-16-20(17-8-2-1-3-9-17)29-24-23(19)38-28(30-24)34-14-6-11-18-10-4-5-12-21(18)34/h1-5,7-10,12-13,15-16H,6,11,14H2,(H,31,33,35). The lowest BCUT2D eigenvalue weighted by Gasteiger charge is -2.28. The number of furan rings is 1. The van der Waals surface area contributed by atoms with Crippen molar-refractivity contribution in [1.29, 1.82) is 0 Å². The van der Waals surface area contributed by atoms with Crippen LogP contribution in [0.2, 0.25) is 0 Å². The topological polar surface area (TPSA) is 110 Å². The van der Waals surface area contributed by atoms with Crippen LogP contribution in [0.1, 0.15) is 22.3 Å². The van der Waals surface area contributed by atoms with E-state index in [1.165, 1.54) is 23.2 Å². The molecule has 1 aliphatic heterocycles. The molecule has 0 saturated carbocycles. The summed E-state index contributed by atoms with van der Waals surface area (Å²) >= 11 is 1.45. The average molecular weight is 521 g/mol. The van der Waals surface area contributed by atoms with E-state index in [4.69, 9.17) is 18.8 Å². The molecular weight excluding hydrogens is 500 g/mol. The first-order chi connectivity index (χ1) is 18.7. The van der Waals surface area contributed by atoms with Gasteiger partial charge >= 0.3 is 6.01 Å². The van der Waals surface area contributed by atoms with Gasteiger partial charge < -0.3 is 13.7 Å². The second kappa shape index (κ2) is 9.24. The number of para-hydroxylation sites is 1. The molecular formula is C28H20N6O3S. The maximum Gasteiger partial charge on any atom is 0.322 e. The van der Waals surface area contributed by atoms with E-state index in [2.05, 4.69) is 38.6 Å². The SMILES string of the molecule is O=C(Nc1nnc(-c2ccco2)o1)c1cc(-c2ccccc2)nc2nc(N3CCCc4ccccc43)sc12. The molecule has 186 valence electrons. The predicted molar refractivity (Wildman–Crippen MR) is 145 cm³/mol. The van der Waals surface area contributed by atoms with Gasteiger partial charge in [0.2, 0.25) is 0 Å². The fourth-order valence-corrected chi connectivity index (χ4v) is 5.67. The summed E-state index contributed by atoms with van der Waals surface area (Å²) in [5, 5.41) is 11.5. The van der Waals surface area contributed by atoms with Crippen molar-refractivity contribution >= 4 is 44.4 Å². The molecule has 10 heteroatoms. The number of amides is 1. The van der Waals surface area contributed by atoms with E-state index >= 15 is 0 Å². The van der Waals surface area contributed by atoms with E-state index in [0.717, 1.165) is 35.8 Å². The van der Waals surface area contributed by atoms with Gasteiger partial charge in [0.25, 0.3) is 11.8 Å². The Balaban J connectivity index is 1.30. The molecule has 1 N–H and O–H groups in total. The van der Waals surface area contributed by atoms with Crippen LogP contribution in [0.15, 0.2) is 87.9 Å². The van der Waals surface area contributed by atoms with Gasteiger partial charge in [0.05, 0.1) is 22.2 Å². The van der Waals surface area contributed by atoms with Crippen LogP contribution in [-0.4, -0.2) is 32.6 Å². The quantitative estimate of drug-likeness (QED) is 0.280. The summed E-state index contributed by atoms with van der Waals surface area (Å²) in [6.45, 7) is 0.849. The number of nitrogens with one attached hydrogen (secondary N) is 1. The van der Waals surface area contributed by atoms with Crippen LogP contribution in [-0.2, 0) is 6.42 Å². The van der Waals surface area contributed by atoms with Gasteiger partial charge in [-0.15, -0.1) is 5.10 Å². The average Bonchev–Trinajstić information content (AvgIpc) is 3.73. The second-order valence-electron chi connectivity index (χ2n) is 8.80. The van der Waals surface area contributed by atoms with Gasteiger partial charge in [-0.05, 0) is 42.7 Å². The second-order valence-corrected chi connectivity index (χ2v) is 9.78. The van der Waals surface area contributed by atoms with E-state index < -0.39 is 5.91 Å². The first-order valence-electron chi connectivity index (χ1n) is 12.1. The van der Waals surface area contributed by atoms with Crippen molar-refractivity contribution in [1.82, 2.24) is 20.2 Å². The minimum Gasteiger partial charge on any atom is -0.459 e. The Kier molecular flexibility index (Phi) is 5.44. The van der Waals surface area contributed by atoms with Gasteiger partial charge in [-0.2, -0.15) is 4.98 Å². The maximum absolute atomic E-state index is 13.6. The zero-order chi connectivity index (χ0) is 25.5. The van der Waals surface area contributed by atoms with Crippen LogP contribution in [0, 0.1) is 0 Å². The predicted octanol–water partition coefficient (Wildman–Crippen LogP) is 6.34. The highest BCUT2D eigenvalue weighted by Crippen LogP contribution is 2.39. The van der Waals surface area contributed by atoms with E-state index in [1.54, 1.807) is 18.2 Å². The number of hydrogen-bond donors (Lipinski definition) is 1. The number of aromatic nitrogens is 4. The van der Waals surface area contributed by atoms with E-state index in [9.17, 15) is 4.79 Å². The maximum atomic E-state index is 13.6. The number of benzene rings is 2.